The second-order valence-electron chi connectivity index (χ2n) is 22.2. The molecule has 0 aliphatic heterocycles. The summed E-state index contributed by atoms with van der Waals surface area (Å²) in [4.78, 5) is 32.7. The lowest BCUT2D eigenvalue weighted by Crippen LogP contribution is -2.43. The standard InChI is InChI=1S/2C28H35ClN6O6SSi/c2*1-18(15-21-20(26(30)36)16-19(29)17-31-21)42(37,38)34(12-14-43(4,5)6)28-33-32-27(24-11-8-13-41-24)35(28)25-22(39-2)9-7-10-23(25)40-3/h2*7-11,13,16-18H,12,14-15H2,1-6H3,(H2,30,36)/t2*18-/m10/s1. The van der Waals surface area contributed by atoms with E-state index in [1.165, 1.54) is 74.1 Å². The van der Waals surface area contributed by atoms with E-state index < -0.39 is 58.5 Å². The number of methoxy groups -OCH3 is 4. The molecule has 0 aliphatic rings. The number of benzene rings is 2. The van der Waals surface area contributed by atoms with Crippen LogP contribution >= 0.6 is 23.2 Å². The third kappa shape index (κ3) is 14.9. The highest BCUT2D eigenvalue weighted by molar-refractivity contribution is 7.93. The molecule has 0 aliphatic carbocycles. The van der Waals surface area contributed by atoms with Crippen molar-refractivity contribution in [2.75, 3.05) is 50.1 Å². The van der Waals surface area contributed by atoms with Gasteiger partial charge in [0.15, 0.2) is 11.5 Å². The number of carbonyl (C=O) groups is 2. The van der Waals surface area contributed by atoms with Gasteiger partial charge in [0.1, 0.15) is 34.4 Å². The molecule has 0 saturated carbocycles. The van der Waals surface area contributed by atoms with Crippen molar-refractivity contribution in [1.82, 2.24) is 39.5 Å². The van der Waals surface area contributed by atoms with Gasteiger partial charge in [-0.3, -0.25) is 28.7 Å². The number of carbonyl (C=O) groups excluding carboxylic acids is 2. The molecule has 0 spiro atoms. The van der Waals surface area contributed by atoms with Gasteiger partial charge in [-0.1, -0.05) is 74.6 Å². The second kappa shape index (κ2) is 27.3. The van der Waals surface area contributed by atoms with Gasteiger partial charge < -0.3 is 39.2 Å². The molecule has 2 atom stereocenters. The molecule has 86 heavy (non-hydrogen) atoms. The highest BCUT2D eigenvalue weighted by Gasteiger charge is 2.39. The molecule has 0 saturated heterocycles. The number of furan rings is 2. The van der Waals surface area contributed by atoms with Crippen LogP contribution in [0.15, 0.2) is 107 Å². The van der Waals surface area contributed by atoms with Crippen molar-refractivity contribution in [2.24, 2.45) is 11.5 Å². The number of ether oxygens (including phenoxy) is 4. The number of pyridine rings is 2. The predicted octanol–water partition coefficient (Wildman–Crippen LogP) is 9.59. The highest BCUT2D eigenvalue weighted by Crippen LogP contribution is 2.42. The van der Waals surface area contributed by atoms with E-state index in [0.717, 1.165) is 0 Å². The first kappa shape index (κ1) is 65.8. The summed E-state index contributed by atoms with van der Waals surface area (Å²) in [5.41, 5.74) is 12.5. The Kier molecular flexibility index (Phi) is 20.9. The van der Waals surface area contributed by atoms with E-state index in [-0.39, 0.29) is 82.0 Å². The Bertz CT molecular complexity index is 3620. The Hall–Kier alpha value is -7.77. The van der Waals surface area contributed by atoms with Gasteiger partial charge in [-0.2, -0.15) is 0 Å². The molecule has 0 fully saturated rings. The van der Waals surface area contributed by atoms with Crippen molar-refractivity contribution in [2.45, 2.75) is 88.6 Å². The zero-order valence-electron chi connectivity index (χ0n) is 49.7. The number of hydrogen-bond donors (Lipinski definition) is 2. The third-order valence-corrected chi connectivity index (χ3v) is 21.7. The molecular weight excluding hydrogens is 1220 g/mol. The molecule has 4 N–H and O–H groups in total. The van der Waals surface area contributed by atoms with Crippen molar-refractivity contribution in [1.29, 1.82) is 0 Å². The molecular formula is C56H70Cl2N12O12S2Si2. The summed E-state index contributed by atoms with van der Waals surface area (Å²) in [5.74, 6) is 1.38. The third-order valence-electron chi connectivity index (χ3n) is 13.6. The van der Waals surface area contributed by atoms with Gasteiger partial charge in [0.2, 0.25) is 43.6 Å². The smallest absolute Gasteiger partial charge is 0.250 e. The van der Waals surface area contributed by atoms with Gasteiger partial charge in [0.05, 0.1) is 84.0 Å². The molecule has 6 heterocycles. The van der Waals surface area contributed by atoms with E-state index in [1.54, 1.807) is 83.6 Å². The minimum atomic E-state index is -4.16. The van der Waals surface area contributed by atoms with E-state index in [9.17, 15) is 26.4 Å². The number of para-hydroxylation sites is 2. The lowest BCUT2D eigenvalue weighted by molar-refractivity contribution is 0.0990. The summed E-state index contributed by atoms with van der Waals surface area (Å²) >= 11 is 12.1. The zero-order chi connectivity index (χ0) is 63.1. The summed E-state index contributed by atoms with van der Waals surface area (Å²) < 4.78 is 97.7. The van der Waals surface area contributed by atoms with Crippen molar-refractivity contribution in [3.05, 3.63) is 130 Å². The van der Waals surface area contributed by atoms with E-state index in [4.69, 9.17) is 62.5 Å². The summed E-state index contributed by atoms with van der Waals surface area (Å²) in [5, 5.41) is 15.9. The summed E-state index contributed by atoms with van der Waals surface area (Å²) in [6.07, 6.45) is 5.49. The van der Waals surface area contributed by atoms with Crippen LogP contribution in [0.3, 0.4) is 0 Å². The van der Waals surface area contributed by atoms with E-state index in [2.05, 4.69) is 69.6 Å². The Morgan fingerprint density at radius 2 is 0.907 bits per heavy atom. The van der Waals surface area contributed by atoms with Crippen LogP contribution in [0, 0.1) is 0 Å². The van der Waals surface area contributed by atoms with Crippen molar-refractivity contribution in [3.8, 4) is 57.5 Å². The molecule has 2 amide bonds. The average Bonchev–Trinajstić information content (AvgIpc) is 1.69. The first-order valence-electron chi connectivity index (χ1n) is 26.9. The van der Waals surface area contributed by atoms with Crippen LogP contribution in [0.25, 0.3) is 34.5 Å². The largest absolute Gasteiger partial charge is 0.494 e. The molecule has 0 bridgehead atoms. The molecule has 30 heteroatoms. The van der Waals surface area contributed by atoms with Gasteiger partial charge in [0, 0.05) is 54.5 Å². The molecule has 6 aromatic heterocycles. The van der Waals surface area contributed by atoms with E-state index >= 15 is 0 Å². The Morgan fingerprint density at radius 3 is 1.19 bits per heavy atom. The number of anilines is 2. The number of amides is 2. The molecule has 8 aromatic rings. The SMILES string of the molecule is COc1cccc(OC)c1-n1c(-c2ccco2)nnc1N(CC[Si](C)(C)C)S(=O)(=O)[C@@H](C)Cc1ncc(Cl)cc1C(N)=O.COc1cccc(OC)c1-n1c(-c2ccco2)nnc1N(CC[Si](C)(C)C)S(=O)(=O)[C@H](C)Cc1ncc(Cl)cc1C(N)=O. The van der Waals surface area contributed by atoms with Crippen molar-refractivity contribution >= 4 is 83.1 Å². The fraction of sp³-hybridized carbons (Fsp3) is 0.357. The molecule has 0 radical (unpaired) electrons. The monoisotopic (exact) mass is 1290 g/mol. The van der Waals surface area contributed by atoms with Crippen LogP contribution in [0.5, 0.6) is 23.0 Å². The van der Waals surface area contributed by atoms with Crippen LogP contribution < -0.4 is 39.0 Å². The zero-order valence-corrected chi connectivity index (χ0v) is 54.9. The van der Waals surface area contributed by atoms with E-state index in [0.29, 0.717) is 58.0 Å². The maximum Gasteiger partial charge on any atom is 0.250 e. The number of sulfonamides is 2. The van der Waals surface area contributed by atoms with Crippen LogP contribution in [0.1, 0.15) is 46.0 Å². The first-order valence-corrected chi connectivity index (χ1v) is 38.1. The minimum Gasteiger partial charge on any atom is -0.494 e. The molecule has 2 aromatic carbocycles. The van der Waals surface area contributed by atoms with Gasteiger partial charge in [-0.05, 0) is 86.6 Å². The topological polar surface area (TPSA) is 311 Å². The molecule has 460 valence electrons. The van der Waals surface area contributed by atoms with Crippen molar-refractivity contribution < 1.29 is 54.2 Å². The molecule has 0 unspecified atom stereocenters. The average molecular weight is 1290 g/mol. The number of hydrogen-bond acceptors (Lipinski definition) is 18. The Morgan fingerprint density at radius 1 is 0.570 bits per heavy atom. The van der Waals surface area contributed by atoms with Crippen LogP contribution in [0.2, 0.25) is 61.4 Å². The van der Waals surface area contributed by atoms with E-state index in [1.807, 2.05) is 0 Å². The Balaban J connectivity index is 0.000000246. The quantitative estimate of drug-likeness (QED) is 0.0476. The van der Waals surface area contributed by atoms with Crippen molar-refractivity contribution in [3.63, 3.8) is 0 Å². The number of rotatable bonds is 26. The summed E-state index contributed by atoms with van der Waals surface area (Å²) in [7, 11) is -5.83. The second-order valence-corrected chi connectivity index (χ2v) is 38.9. The maximum absolute atomic E-state index is 14.5. The maximum atomic E-state index is 14.5. The van der Waals surface area contributed by atoms with Crippen LogP contribution in [-0.2, 0) is 32.9 Å². The van der Waals surface area contributed by atoms with Crippen LogP contribution in [0.4, 0.5) is 11.9 Å². The number of halogens is 2. The lowest BCUT2D eigenvalue weighted by atomic mass is 10.1. The Labute approximate surface area is 511 Å². The van der Waals surface area contributed by atoms with Gasteiger partial charge in [0.25, 0.3) is 11.8 Å². The van der Waals surface area contributed by atoms with Crippen LogP contribution in [-0.4, -0.2) is 136 Å². The minimum absolute atomic E-state index is 0.0264. The van der Waals surface area contributed by atoms with Gasteiger partial charge >= 0.3 is 0 Å². The fourth-order valence-corrected chi connectivity index (χ4v) is 14.4. The number of primary amides is 2. The summed E-state index contributed by atoms with van der Waals surface area (Å²) in [6, 6.07) is 21.3. The lowest BCUT2D eigenvalue weighted by Gasteiger charge is -2.30. The predicted molar refractivity (Wildman–Crippen MR) is 335 cm³/mol. The summed E-state index contributed by atoms with van der Waals surface area (Å²) in [6.45, 7) is 16.3. The first-order chi connectivity index (χ1) is 40.6. The van der Waals surface area contributed by atoms with Gasteiger partial charge in [-0.25, -0.2) is 25.4 Å². The fourth-order valence-electron chi connectivity index (χ4n) is 8.95. The highest BCUT2D eigenvalue weighted by atomic mass is 35.5. The normalized spacial score (nSPS) is 12.6. The number of nitrogens with zero attached hydrogens (tertiary/aromatic N) is 10. The molecule has 8 rings (SSSR count). The van der Waals surface area contributed by atoms with Gasteiger partial charge in [-0.15, -0.1) is 20.4 Å². The number of nitrogens with two attached hydrogens (primary N) is 2. The molecule has 24 nitrogen and oxygen atoms in total. The number of aromatic nitrogens is 8.